The maximum atomic E-state index is 12.4. The SMILES string of the molecule is CCCOCCCOc1cc([N+](=O)[O-])ccc1C(=O)OCc1ccccc1. The van der Waals surface area contributed by atoms with E-state index >= 15 is 0 Å². The minimum atomic E-state index is -0.592. The molecule has 0 heterocycles. The van der Waals surface area contributed by atoms with Gasteiger partial charge in [-0.3, -0.25) is 10.1 Å². The van der Waals surface area contributed by atoms with Gasteiger partial charge >= 0.3 is 5.97 Å². The van der Waals surface area contributed by atoms with Crippen LogP contribution in [0.4, 0.5) is 5.69 Å². The van der Waals surface area contributed by atoms with E-state index in [1.54, 1.807) is 0 Å². The van der Waals surface area contributed by atoms with Crippen LogP contribution in [0.5, 0.6) is 5.75 Å². The van der Waals surface area contributed by atoms with Crippen LogP contribution in [0.2, 0.25) is 0 Å². The van der Waals surface area contributed by atoms with E-state index in [1.165, 1.54) is 18.2 Å². The largest absolute Gasteiger partial charge is 0.492 e. The number of carbonyl (C=O) groups excluding carboxylic acids is 1. The Morgan fingerprint density at radius 3 is 2.56 bits per heavy atom. The summed E-state index contributed by atoms with van der Waals surface area (Å²) in [5.74, 6) is -0.455. The second-order valence-corrected chi connectivity index (χ2v) is 5.81. The molecule has 0 aliphatic rings. The number of esters is 1. The predicted octanol–water partition coefficient (Wildman–Crippen LogP) is 4.15. The summed E-state index contributed by atoms with van der Waals surface area (Å²) >= 11 is 0. The molecule has 144 valence electrons. The fraction of sp³-hybridized carbons (Fsp3) is 0.350. The Labute approximate surface area is 158 Å². The van der Waals surface area contributed by atoms with Crippen LogP contribution >= 0.6 is 0 Å². The number of nitro benzene ring substituents is 1. The van der Waals surface area contributed by atoms with Crippen molar-refractivity contribution in [1.29, 1.82) is 0 Å². The van der Waals surface area contributed by atoms with E-state index in [1.807, 2.05) is 37.3 Å². The molecule has 0 aromatic heterocycles. The number of nitro groups is 1. The van der Waals surface area contributed by atoms with Crippen molar-refractivity contribution >= 4 is 11.7 Å². The molecule has 0 radical (unpaired) electrons. The zero-order valence-corrected chi connectivity index (χ0v) is 15.3. The van der Waals surface area contributed by atoms with Gasteiger partial charge in [0.15, 0.2) is 0 Å². The van der Waals surface area contributed by atoms with Crippen LogP contribution in [-0.2, 0) is 16.1 Å². The summed E-state index contributed by atoms with van der Waals surface area (Å²) in [6.45, 7) is 3.61. The van der Waals surface area contributed by atoms with Crippen molar-refractivity contribution < 1.29 is 23.9 Å². The maximum absolute atomic E-state index is 12.4. The molecule has 2 aromatic rings. The summed E-state index contributed by atoms with van der Waals surface area (Å²) in [6, 6.07) is 13.1. The lowest BCUT2D eigenvalue weighted by molar-refractivity contribution is -0.384. The Kier molecular flexibility index (Phi) is 8.25. The van der Waals surface area contributed by atoms with Crippen molar-refractivity contribution in [2.45, 2.75) is 26.4 Å². The van der Waals surface area contributed by atoms with E-state index in [2.05, 4.69) is 0 Å². The maximum Gasteiger partial charge on any atom is 0.342 e. The summed E-state index contributed by atoms with van der Waals surface area (Å²) in [6.07, 6.45) is 1.55. The van der Waals surface area contributed by atoms with Crippen LogP contribution in [-0.4, -0.2) is 30.7 Å². The van der Waals surface area contributed by atoms with Crippen LogP contribution in [0.15, 0.2) is 48.5 Å². The average Bonchev–Trinajstić information content (AvgIpc) is 2.69. The summed E-state index contributed by atoms with van der Waals surface area (Å²) in [7, 11) is 0. The van der Waals surface area contributed by atoms with Gasteiger partial charge in [0.25, 0.3) is 5.69 Å². The molecule has 0 aliphatic heterocycles. The highest BCUT2D eigenvalue weighted by Gasteiger charge is 2.18. The van der Waals surface area contributed by atoms with E-state index in [0.717, 1.165) is 12.0 Å². The molecule has 27 heavy (non-hydrogen) atoms. The first kappa shape index (κ1) is 20.4. The Morgan fingerprint density at radius 2 is 1.85 bits per heavy atom. The third kappa shape index (κ3) is 6.71. The van der Waals surface area contributed by atoms with Gasteiger partial charge in [-0.1, -0.05) is 37.3 Å². The minimum absolute atomic E-state index is 0.112. The second-order valence-electron chi connectivity index (χ2n) is 5.81. The van der Waals surface area contributed by atoms with Crippen molar-refractivity contribution in [3.05, 3.63) is 69.8 Å². The molecule has 2 rings (SSSR count). The number of rotatable bonds is 11. The molecule has 7 nitrogen and oxygen atoms in total. The molecular weight excluding hydrogens is 350 g/mol. The lowest BCUT2D eigenvalue weighted by Crippen LogP contribution is -2.10. The highest BCUT2D eigenvalue weighted by molar-refractivity contribution is 5.93. The molecule has 0 saturated carbocycles. The number of nitrogens with zero attached hydrogens (tertiary/aromatic N) is 1. The first-order valence-electron chi connectivity index (χ1n) is 8.82. The standard InChI is InChI=1S/C20H23NO6/c1-2-11-25-12-6-13-26-19-14-17(21(23)24)9-10-18(19)20(22)27-15-16-7-4-3-5-8-16/h3-5,7-10,14H,2,6,11-13,15H2,1H3. The zero-order chi connectivity index (χ0) is 19.5. The summed E-state index contributed by atoms with van der Waals surface area (Å²) in [5, 5.41) is 11.0. The van der Waals surface area contributed by atoms with E-state index in [-0.39, 0.29) is 30.2 Å². The van der Waals surface area contributed by atoms with E-state index in [9.17, 15) is 14.9 Å². The first-order valence-corrected chi connectivity index (χ1v) is 8.82. The predicted molar refractivity (Wildman–Crippen MR) is 99.9 cm³/mol. The fourth-order valence-electron chi connectivity index (χ4n) is 2.30. The minimum Gasteiger partial charge on any atom is -0.492 e. The van der Waals surface area contributed by atoms with Crippen molar-refractivity contribution in [2.75, 3.05) is 19.8 Å². The number of carbonyl (C=O) groups is 1. The quantitative estimate of drug-likeness (QED) is 0.254. The summed E-state index contributed by atoms with van der Waals surface area (Å²) < 4.78 is 16.3. The lowest BCUT2D eigenvalue weighted by atomic mass is 10.2. The Hall–Kier alpha value is -2.93. The molecular formula is C20H23NO6. The highest BCUT2D eigenvalue weighted by Crippen LogP contribution is 2.26. The smallest absolute Gasteiger partial charge is 0.342 e. The van der Waals surface area contributed by atoms with Gasteiger partial charge in [-0.15, -0.1) is 0 Å². The Balaban J connectivity index is 2.02. The molecule has 0 fully saturated rings. The molecule has 7 heteroatoms. The summed E-state index contributed by atoms with van der Waals surface area (Å²) in [4.78, 5) is 22.9. The van der Waals surface area contributed by atoms with Gasteiger partial charge in [0, 0.05) is 25.7 Å². The summed E-state index contributed by atoms with van der Waals surface area (Å²) in [5.41, 5.74) is 0.862. The molecule has 0 aliphatic carbocycles. The van der Waals surface area contributed by atoms with Gasteiger partial charge in [-0.25, -0.2) is 4.79 Å². The van der Waals surface area contributed by atoms with Gasteiger partial charge in [0.05, 0.1) is 17.6 Å². The van der Waals surface area contributed by atoms with Crippen LogP contribution in [0.25, 0.3) is 0 Å². The second kappa shape index (κ2) is 10.9. The van der Waals surface area contributed by atoms with Crippen LogP contribution in [0.3, 0.4) is 0 Å². The zero-order valence-electron chi connectivity index (χ0n) is 15.3. The van der Waals surface area contributed by atoms with Gasteiger partial charge in [-0.05, 0) is 18.1 Å². The molecule has 0 saturated heterocycles. The van der Waals surface area contributed by atoms with Crippen molar-refractivity contribution in [3.63, 3.8) is 0 Å². The van der Waals surface area contributed by atoms with Gasteiger partial charge < -0.3 is 14.2 Å². The molecule has 2 aromatic carbocycles. The van der Waals surface area contributed by atoms with Crippen LogP contribution in [0, 0.1) is 10.1 Å². The van der Waals surface area contributed by atoms with Crippen molar-refractivity contribution in [1.82, 2.24) is 0 Å². The van der Waals surface area contributed by atoms with E-state index in [4.69, 9.17) is 14.2 Å². The van der Waals surface area contributed by atoms with Crippen LogP contribution in [0.1, 0.15) is 35.7 Å². The Morgan fingerprint density at radius 1 is 1.07 bits per heavy atom. The molecule has 0 bridgehead atoms. The van der Waals surface area contributed by atoms with Crippen molar-refractivity contribution in [3.8, 4) is 5.75 Å². The first-order chi connectivity index (χ1) is 13.1. The number of hydrogen-bond donors (Lipinski definition) is 0. The molecule has 0 spiro atoms. The van der Waals surface area contributed by atoms with Gasteiger partial charge in [0.1, 0.15) is 17.9 Å². The highest BCUT2D eigenvalue weighted by atomic mass is 16.6. The number of benzene rings is 2. The molecule has 0 unspecified atom stereocenters. The molecule has 0 amide bonds. The van der Waals surface area contributed by atoms with E-state index in [0.29, 0.717) is 19.6 Å². The number of ether oxygens (including phenoxy) is 3. The molecule has 0 atom stereocenters. The number of non-ortho nitro benzene ring substituents is 1. The number of hydrogen-bond acceptors (Lipinski definition) is 6. The average molecular weight is 373 g/mol. The van der Waals surface area contributed by atoms with Gasteiger partial charge in [-0.2, -0.15) is 0 Å². The monoisotopic (exact) mass is 373 g/mol. The fourth-order valence-corrected chi connectivity index (χ4v) is 2.30. The molecule has 0 N–H and O–H groups in total. The third-order valence-electron chi connectivity index (χ3n) is 3.65. The lowest BCUT2D eigenvalue weighted by Gasteiger charge is -2.11. The van der Waals surface area contributed by atoms with Crippen LogP contribution < -0.4 is 4.74 Å². The third-order valence-corrected chi connectivity index (χ3v) is 3.65. The van der Waals surface area contributed by atoms with Gasteiger partial charge in [0.2, 0.25) is 0 Å². The normalized spacial score (nSPS) is 10.4. The van der Waals surface area contributed by atoms with E-state index < -0.39 is 10.9 Å². The van der Waals surface area contributed by atoms with Crippen molar-refractivity contribution in [2.24, 2.45) is 0 Å². The Bertz CT molecular complexity index is 747. The topological polar surface area (TPSA) is 87.9 Å².